The van der Waals surface area contributed by atoms with E-state index in [0.717, 1.165) is 18.7 Å². The zero-order valence-corrected chi connectivity index (χ0v) is 14.7. The molecule has 0 amide bonds. The Bertz CT molecular complexity index is 653. The predicted molar refractivity (Wildman–Crippen MR) is 95.3 cm³/mol. The van der Waals surface area contributed by atoms with Crippen molar-refractivity contribution < 1.29 is 9.84 Å². The van der Waals surface area contributed by atoms with Crippen LogP contribution < -0.4 is 4.74 Å². The van der Waals surface area contributed by atoms with Crippen LogP contribution in [-0.4, -0.2) is 23.7 Å². The highest BCUT2D eigenvalue weighted by molar-refractivity contribution is 7.12. The zero-order chi connectivity index (χ0) is 16.2. The summed E-state index contributed by atoms with van der Waals surface area (Å²) < 4.78 is 5.25. The molecule has 124 valence electrons. The van der Waals surface area contributed by atoms with Gasteiger partial charge in [-0.2, -0.15) is 0 Å². The Morgan fingerprint density at radius 2 is 2.09 bits per heavy atom. The van der Waals surface area contributed by atoms with E-state index in [1.807, 2.05) is 23.5 Å². The molecule has 0 saturated carbocycles. The first-order chi connectivity index (χ1) is 11.2. The third kappa shape index (κ3) is 3.70. The number of phenolic OH excluding ortho intramolecular Hbond substituents is 1. The number of methoxy groups -OCH3 is 1. The number of ether oxygens (including phenoxy) is 1. The molecule has 3 rings (SSSR count). The lowest BCUT2D eigenvalue weighted by molar-refractivity contribution is 0.192. The van der Waals surface area contributed by atoms with Crippen molar-refractivity contribution in [2.45, 2.75) is 45.2 Å². The molecule has 1 aromatic heterocycles. The van der Waals surface area contributed by atoms with Crippen molar-refractivity contribution in [2.24, 2.45) is 0 Å². The number of benzene rings is 1. The molecule has 1 aliphatic heterocycles. The maximum Gasteiger partial charge on any atom is 0.162 e. The maximum absolute atomic E-state index is 10.4. The third-order valence-corrected chi connectivity index (χ3v) is 5.73. The molecule has 0 aliphatic carbocycles. The minimum absolute atomic E-state index is 0.278. The summed E-state index contributed by atoms with van der Waals surface area (Å²) in [6, 6.07) is 10.7. The van der Waals surface area contributed by atoms with Gasteiger partial charge in [-0.05, 0) is 44.5 Å². The second kappa shape index (κ2) is 7.37. The number of nitrogens with zero attached hydrogens (tertiary/aromatic N) is 1. The van der Waals surface area contributed by atoms with E-state index in [1.54, 1.807) is 13.2 Å². The largest absolute Gasteiger partial charge is 0.504 e. The molecule has 0 radical (unpaired) electrons. The van der Waals surface area contributed by atoms with Gasteiger partial charge in [-0.25, -0.2) is 0 Å². The summed E-state index contributed by atoms with van der Waals surface area (Å²) in [6.07, 6.45) is 5.00. The molecule has 1 aromatic carbocycles. The molecule has 2 heterocycles. The van der Waals surface area contributed by atoms with Crippen molar-refractivity contribution in [3.8, 4) is 11.5 Å². The number of para-hydroxylation sites is 1. The molecule has 3 nitrogen and oxygen atoms in total. The van der Waals surface area contributed by atoms with Crippen LogP contribution in [-0.2, 0) is 6.54 Å². The summed E-state index contributed by atoms with van der Waals surface area (Å²) in [4.78, 5) is 5.34. The SMILES string of the molecule is COc1cccc(CN2CCCCC[C@H]2c2ccc(C)s2)c1O. The first-order valence-electron chi connectivity index (χ1n) is 8.34. The number of aryl methyl sites for hydroxylation is 1. The number of phenols is 1. The first kappa shape index (κ1) is 16.3. The topological polar surface area (TPSA) is 32.7 Å². The van der Waals surface area contributed by atoms with E-state index in [4.69, 9.17) is 4.74 Å². The Morgan fingerprint density at radius 3 is 2.83 bits per heavy atom. The number of likely N-dealkylation sites (tertiary alicyclic amines) is 1. The van der Waals surface area contributed by atoms with Crippen molar-refractivity contribution in [1.82, 2.24) is 4.90 Å². The normalized spacial score (nSPS) is 19.5. The van der Waals surface area contributed by atoms with Gasteiger partial charge in [0.2, 0.25) is 0 Å². The third-order valence-electron chi connectivity index (χ3n) is 4.63. The molecule has 4 heteroatoms. The van der Waals surface area contributed by atoms with Gasteiger partial charge in [-0.3, -0.25) is 4.90 Å². The lowest BCUT2D eigenvalue weighted by Gasteiger charge is -2.29. The minimum Gasteiger partial charge on any atom is -0.504 e. The van der Waals surface area contributed by atoms with E-state index >= 15 is 0 Å². The maximum atomic E-state index is 10.4. The summed E-state index contributed by atoms with van der Waals surface area (Å²) >= 11 is 1.90. The summed E-state index contributed by atoms with van der Waals surface area (Å²) in [5, 5.41) is 10.4. The fourth-order valence-electron chi connectivity index (χ4n) is 3.39. The van der Waals surface area contributed by atoms with Crippen LogP contribution in [0.15, 0.2) is 30.3 Å². The van der Waals surface area contributed by atoms with Crippen molar-refractivity contribution in [3.63, 3.8) is 0 Å². The van der Waals surface area contributed by atoms with Crippen LogP contribution >= 0.6 is 11.3 Å². The highest BCUT2D eigenvalue weighted by atomic mass is 32.1. The molecular formula is C19H25NO2S. The molecule has 1 N–H and O–H groups in total. The van der Waals surface area contributed by atoms with Crippen LogP contribution in [0.4, 0.5) is 0 Å². The van der Waals surface area contributed by atoms with Crippen molar-refractivity contribution in [3.05, 3.63) is 45.6 Å². The molecule has 0 bridgehead atoms. The van der Waals surface area contributed by atoms with Crippen molar-refractivity contribution >= 4 is 11.3 Å². The molecular weight excluding hydrogens is 306 g/mol. The summed E-state index contributed by atoms with van der Waals surface area (Å²) in [5.41, 5.74) is 0.949. The van der Waals surface area contributed by atoms with E-state index in [0.29, 0.717) is 11.8 Å². The Kier molecular flexibility index (Phi) is 5.23. The minimum atomic E-state index is 0.278. The molecule has 23 heavy (non-hydrogen) atoms. The van der Waals surface area contributed by atoms with E-state index in [2.05, 4.69) is 24.0 Å². The molecule has 2 aromatic rings. The second-order valence-corrected chi connectivity index (χ2v) is 7.57. The van der Waals surface area contributed by atoms with Crippen LogP contribution in [0.3, 0.4) is 0 Å². The van der Waals surface area contributed by atoms with E-state index in [9.17, 15) is 5.11 Å². The molecule has 1 atom stereocenters. The Hall–Kier alpha value is -1.52. The highest BCUT2D eigenvalue weighted by Crippen LogP contribution is 2.37. The average Bonchev–Trinajstić information content (AvgIpc) is 2.84. The van der Waals surface area contributed by atoms with Gasteiger partial charge in [0.05, 0.1) is 7.11 Å². The lowest BCUT2D eigenvalue weighted by atomic mass is 10.1. The molecule has 1 fully saturated rings. The Labute approximate surface area is 142 Å². The summed E-state index contributed by atoms with van der Waals surface area (Å²) in [7, 11) is 1.60. The highest BCUT2D eigenvalue weighted by Gasteiger charge is 2.25. The number of hydrogen-bond donors (Lipinski definition) is 1. The van der Waals surface area contributed by atoms with Crippen LogP contribution in [0.25, 0.3) is 0 Å². The summed E-state index contributed by atoms with van der Waals surface area (Å²) in [6.45, 7) is 4.02. The Balaban J connectivity index is 1.86. The second-order valence-electron chi connectivity index (χ2n) is 6.25. The number of hydrogen-bond acceptors (Lipinski definition) is 4. The van der Waals surface area contributed by atoms with Gasteiger partial charge in [-0.15, -0.1) is 11.3 Å². The van der Waals surface area contributed by atoms with Gasteiger partial charge < -0.3 is 9.84 Å². The number of rotatable bonds is 4. The Morgan fingerprint density at radius 1 is 1.22 bits per heavy atom. The van der Waals surface area contributed by atoms with Crippen LogP contribution in [0.5, 0.6) is 11.5 Å². The fourth-order valence-corrected chi connectivity index (χ4v) is 4.44. The monoisotopic (exact) mass is 331 g/mol. The summed E-state index contributed by atoms with van der Waals surface area (Å²) in [5.74, 6) is 0.834. The van der Waals surface area contributed by atoms with Crippen LogP contribution in [0, 0.1) is 6.92 Å². The smallest absolute Gasteiger partial charge is 0.162 e. The van der Waals surface area contributed by atoms with E-state index in [-0.39, 0.29) is 5.75 Å². The lowest BCUT2D eigenvalue weighted by Crippen LogP contribution is -2.27. The van der Waals surface area contributed by atoms with Crippen molar-refractivity contribution in [1.29, 1.82) is 0 Å². The standard InChI is InChI=1S/C19H25NO2S/c1-14-10-11-18(23-14)16-8-4-3-5-12-20(16)13-15-7-6-9-17(22-2)19(15)21/h6-7,9-11,16,21H,3-5,8,12-13H2,1-2H3/t16-/m0/s1. The van der Waals surface area contributed by atoms with Gasteiger partial charge in [0.25, 0.3) is 0 Å². The van der Waals surface area contributed by atoms with E-state index < -0.39 is 0 Å². The van der Waals surface area contributed by atoms with Crippen molar-refractivity contribution in [2.75, 3.05) is 13.7 Å². The van der Waals surface area contributed by atoms with Crippen LogP contribution in [0.2, 0.25) is 0 Å². The average molecular weight is 331 g/mol. The quantitative estimate of drug-likeness (QED) is 0.866. The molecule has 1 saturated heterocycles. The van der Waals surface area contributed by atoms with E-state index in [1.165, 1.54) is 35.4 Å². The fraction of sp³-hybridized carbons (Fsp3) is 0.474. The molecule has 0 unspecified atom stereocenters. The van der Waals surface area contributed by atoms with Gasteiger partial charge in [0.1, 0.15) is 0 Å². The zero-order valence-electron chi connectivity index (χ0n) is 13.9. The van der Waals surface area contributed by atoms with Gasteiger partial charge in [-0.1, -0.05) is 25.0 Å². The van der Waals surface area contributed by atoms with Gasteiger partial charge >= 0.3 is 0 Å². The van der Waals surface area contributed by atoms with Gasteiger partial charge in [0.15, 0.2) is 11.5 Å². The number of thiophene rings is 1. The molecule has 0 spiro atoms. The van der Waals surface area contributed by atoms with Crippen LogP contribution in [0.1, 0.15) is 47.0 Å². The first-order valence-corrected chi connectivity index (χ1v) is 9.16. The van der Waals surface area contributed by atoms with Gasteiger partial charge in [0, 0.05) is 27.9 Å². The molecule has 1 aliphatic rings. The predicted octanol–water partition coefficient (Wildman–Crippen LogP) is 4.89. The number of aromatic hydroxyl groups is 1.